The summed E-state index contributed by atoms with van der Waals surface area (Å²) in [4.78, 5) is 13.9. The van der Waals surface area contributed by atoms with Crippen LogP contribution in [0.5, 0.6) is 0 Å². The first-order valence-electron chi connectivity index (χ1n) is 5.97. The smallest absolute Gasteiger partial charge is 0.162 e. The molecule has 16 heavy (non-hydrogen) atoms. The molecule has 2 heteroatoms. The van der Waals surface area contributed by atoms with E-state index >= 15 is 0 Å². The molecule has 1 aliphatic rings. The van der Waals surface area contributed by atoms with Gasteiger partial charge in [-0.1, -0.05) is 12.8 Å². The lowest BCUT2D eigenvalue weighted by molar-refractivity contribution is 0.0978. The van der Waals surface area contributed by atoms with Gasteiger partial charge in [0.2, 0.25) is 0 Å². The van der Waals surface area contributed by atoms with Crippen LogP contribution in [0.2, 0.25) is 0 Å². The molecule has 1 aromatic rings. The summed E-state index contributed by atoms with van der Waals surface area (Å²) in [6, 6.07) is 7.88. The van der Waals surface area contributed by atoms with E-state index in [-0.39, 0.29) is 5.78 Å². The van der Waals surface area contributed by atoms with Gasteiger partial charge < -0.3 is 4.90 Å². The van der Waals surface area contributed by atoms with Gasteiger partial charge in [-0.15, -0.1) is 0 Å². The Morgan fingerprint density at radius 3 is 2.38 bits per heavy atom. The van der Waals surface area contributed by atoms with Crippen LogP contribution in [0, 0.1) is 5.92 Å². The zero-order chi connectivity index (χ0) is 11.5. The van der Waals surface area contributed by atoms with E-state index in [1.165, 1.54) is 12.8 Å². The number of hydrogen-bond donors (Lipinski definition) is 0. The minimum absolute atomic E-state index is 0.289. The van der Waals surface area contributed by atoms with Crippen LogP contribution in [0.25, 0.3) is 0 Å². The van der Waals surface area contributed by atoms with Gasteiger partial charge in [0.25, 0.3) is 0 Å². The molecule has 0 atom stereocenters. The van der Waals surface area contributed by atoms with E-state index in [1.54, 1.807) is 0 Å². The molecular weight excluding hydrogens is 198 g/mol. The minimum atomic E-state index is 0.289. The Bertz CT molecular complexity index is 363. The van der Waals surface area contributed by atoms with Crippen LogP contribution < -0.4 is 4.90 Å². The molecule has 0 bridgehead atoms. The van der Waals surface area contributed by atoms with Crippen molar-refractivity contribution in [2.45, 2.75) is 25.7 Å². The summed E-state index contributed by atoms with van der Waals surface area (Å²) in [6.45, 7) is 0. The molecule has 2 rings (SSSR count). The first-order chi connectivity index (χ1) is 7.66. The standard InChI is InChI=1S/C14H19NO/c1-15(2)13-8-6-12(7-9-13)14(16)10-5-11-3-4-11/h6-9,11H,3-5,10H2,1-2H3. The molecule has 0 saturated heterocycles. The maximum Gasteiger partial charge on any atom is 0.162 e. The Balaban J connectivity index is 1.94. The topological polar surface area (TPSA) is 20.3 Å². The van der Waals surface area contributed by atoms with E-state index in [0.717, 1.165) is 23.6 Å². The molecule has 0 unspecified atom stereocenters. The molecule has 1 aliphatic carbocycles. The number of benzene rings is 1. The highest BCUT2D eigenvalue weighted by Crippen LogP contribution is 2.33. The highest BCUT2D eigenvalue weighted by molar-refractivity contribution is 5.96. The van der Waals surface area contributed by atoms with Crippen molar-refractivity contribution in [2.24, 2.45) is 5.92 Å². The lowest BCUT2D eigenvalue weighted by atomic mass is 10.0. The zero-order valence-corrected chi connectivity index (χ0v) is 10.1. The van der Waals surface area contributed by atoms with E-state index in [4.69, 9.17) is 0 Å². The second-order valence-corrected chi connectivity index (χ2v) is 4.85. The molecule has 0 radical (unpaired) electrons. The first kappa shape index (κ1) is 11.2. The van der Waals surface area contributed by atoms with Crippen molar-refractivity contribution in [1.29, 1.82) is 0 Å². The second-order valence-electron chi connectivity index (χ2n) is 4.85. The number of carbonyl (C=O) groups is 1. The number of anilines is 1. The highest BCUT2D eigenvalue weighted by atomic mass is 16.1. The predicted octanol–water partition coefficient (Wildman–Crippen LogP) is 3.13. The summed E-state index contributed by atoms with van der Waals surface area (Å²) in [7, 11) is 4.01. The Labute approximate surface area is 97.3 Å². The van der Waals surface area contributed by atoms with Crippen molar-refractivity contribution in [3.8, 4) is 0 Å². The Kier molecular flexibility index (Phi) is 3.28. The first-order valence-corrected chi connectivity index (χ1v) is 5.97. The maximum atomic E-state index is 11.8. The third-order valence-electron chi connectivity index (χ3n) is 3.18. The van der Waals surface area contributed by atoms with Crippen LogP contribution in [0.1, 0.15) is 36.0 Å². The number of ketones is 1. The normalized spacial score (nSPS) is 14.9. The van der Waals surface area contributed by atoms with Gasteiger partial charge in [0, 0.05) is 31.8 Å². The molecule has 0 amide bonds. The maximum absolute atomic E-state index is 11.8. The van der Waals surface area contributed by atoms with Crippen LogP contribution in [0.4, 0.5) is 5.69 Å². The molecule has 0 heterocycles. The molecular formula is C14H19NO. The molecule has 0 aliphatic heterocycles. The number of hydrogen-bond acceptors (Lipinski definition) is 2. The SMILES string of the molecule is CN(C)c1ccc(C(=O)CCC2CC2)cc1. The largest absolute Gasteiger partial charge is 0.378 e. The van der Waals surface area contributed by atoms with Crippen molar-refractivity contribution < 1.29 is 4.79 Å². The van der Waals surface area contributed by atoms with Crippen molar-refractivity contribution >= 4 is 11.5 Å². The third-order valence-corrected chi connectivity index (χ3v) is 3.18. The van der Waals surface area contributed by atoms with E-state index in [1.807, 2.05) is 43.3 Å². The fourth-order valence-electron chi connectivity index (χ4n) is 1.83. The van der Waals surface area contributed by atoms with Gasteiger partial charge >= 0.3 is 0 Å². The van der Waals surface area contributed by atoms with Crippen molar-refractivity contribution in [1.82, 2.24) is 0 Å². The Morgan fingerprint density at radius 2 is 1.88 bits per heavy atom. The summed E-state index contributed by atoms with van der Waals surface area (Å²) in [5.41, 5.74) is 1.99. The van der Waals surface area contributed by atoms with E-state index < -0.39 is 0 Å². The van der Waals surface area contributed by atoms with Gasteiger partial charge in [0.05, 0.1) is 0 Å². The number of Topliss-reactive ketones (excluding diaryl/α,β-unsaturated/α-hetero) is 1. The van der Waals surface area contributed by atoms with Gasteiger partial charge in [0.15, 0.2) is 5.78 Å². The van der Waals surface area contributed by atoms with Crippen molar-refractivity contribution in [3.63, 3.8) is 0 Å². The number of rotatable bonds is 5. The fourth-order valence-corrected chi connectivity index (χ4v) is 1.83. The van der Waals surface area contributed by atoms with E-state index in [0.29, 0.717) is 6.42 Å². The zero-order valence-electron chi connectivity index (χ0n) is 10.1. The predicted molar refractivity (Wildman–Crippen MR) is 67.1 cm³/mol. The van der Waals surface area contributed by atoms with Crippen molar-refractivity contribution in [2.75, 3.05) is 19.0 Å². The third kappa shape index (κ3) is 2.84. The second kappa shape index (κ2) is 4.69. The van der Waals surface area contributed by atoms with Gasteiger partial charge in [-0.25, -0.2) is 0 Å². The Morgan fingerprint density at radius 1 is 1.25 bits per heavy atom. The van der Waals surface area contributed by atoms with Crippen molar-refractivity contribution in [3.05, 3.63) is 29.8 Å². The van der Waals surface area contributed by atoms with Crippen LogP contribution in [-0.2, 0) is 0 Å². The molecule has 0 spiro atoms. The average Bonchev–Trinajstić information content (AvgIpc) is 3.10. The van der Waals surface area contributed by atoms with Gasteiger partial charge in [-0.05, 0) is 36.6 Å². The average molecular weight is 217 g/mol. The summed E-state index contributed by atoms with van der Waals surface area (Å²) in [5, 5.41) is 0. The molecule has 0 aromatic heterocycles. The fraction of sp³-hybridized carbons (Fsp3) is 0.500. The summed E-state index contributed by atoms with van der Waals surface area (Å²) < 4.78 is 0. The van der Waals surface area contributed by atoms with Gasteiger partial charge in [-0.2, -0.15) is 0 Å². The van der Waals surface area contributed by atoms with Crippen LogP contribution in [0.15, 0.2) is 24.3 Å². The lowest BCUT2D eigenvalue weighted by Gasteiger charge is -2.12. The van der Waals surface area contributed by atoms with E-state index in [9.17, 15) is 4.79 Å². The molecule has 2 nitrogen and oxygen atoms in total. The molecule has 1 fully saturated rings. The number of carbonyl (C=O) groups excluding carboxylic acids is 1. The molecule has 0 N–H and O–H groups in total. The molecule has 1 aromatic carbocycles. The highest BCUT2D eigenvalue weighted by Gasteiger charge is 2.22. The molecule has 86 valence electrons. The van der Waals surface area contributed by atoms with Crippen LogP contribution in [-0.4, -0.2) is 19.9 Å². The van der Waals surface area contributed by atoms with Gasteiger partial charge in [0.1, 0.15) is 0 Å². The monoisotopic (exact) mass is 217 g/mol. The summed E-state index contributed by atoms with van der Waals surface area (Å²) in [5.74, 6) is 1.13. The molecule has 1 saturated carbocycles. The quantitative estimate of drug-likeness (QED) is 0.706. The lowest BCUT2D eigenvalue weighted by Crippen LogP contribution is -2.08. The summed E-state index contributed by atoms with van der Waals surface area (Å²) in [6.07, 6.45) is 4.44. The van der Waals surface area contributed by atoms with Gasteiger partial charge in [-0.3, -0.25) is 4.79 Å². The van der Waals surface area contributed by atoms with E-state index in [2.05, 4.69) is 0 Å². The minimum Gasteiger partial charge on any atom is -0.378 e. The summed E-state index contributed by atoms with van der Waals surface area (Å²) >= 11 is 0. The van der Waals surface area contributed by atoms with Crippen LogP contribution in [0.3, 0.4) is 0 Å². The van der Waals surface area contributed by atoms with Crippen LogP contribution >= 0.6 is 0 Å². The number of nitrogens with zero attached hydrogens (tertiary/aromatic N) is 1. The Hall–Kier alpha value is -1.31.